The monoisotopic (exact) mass is 324 g/mol. The van der Waals surface area contributed by atoms with Gasteiger partial charge in [-0.1, -0.05) is 6.07 Å². The minimum atomic E-state index is -0.396. The predicted octanol–water partition coefficient (Wildman–Crippen LogP) is 3.31. The van der Waals surface area contributed by atoms with Crippen LogP contribution in [0, 0.1) is 6.92 Å². The van der Waals surface area contributed by atoms with E-state index in [2.05, 4.69) is 39.7 Å². The number of ether oxygens (including phenoxy) is 1. The van der Waals surface area contributed by atoms with Crippen LogP contribution in [0.15, 0.2) is 36.5 Å². The Bertz CT molecular complexity index is 886. The SMILES string of the molecule is CNc1ccc(C)c(NCc2cnc3[nH]c(C(=O)OC)cc3c2)c1. The summed E-state index contributed by atoms with van der Waals surface area (Å²) in [6, 6.07) is 9.96. The Morgan fingerprint density at radius 1 is 1.29 bits per heavy atom. The summed E-state index contributed by atoms with van der Waals surface area (Å²) in [7, 11) is 3.26. The summed E-state index contributed by atoms with van der Waals surface area (Å²) in [5.41, 5.74) is 5.43. The minimum Gasteiger partial charge on any atom is -0.464 e. The Kier molecular flexibility index (Phi) is 4.37. The lowest BCUT2D eigenvalue weighted by atomic mass is 10.1. The number of aromatic nitrogens is 2. The highest BCUT2D eigenvalue weighted by molar-refractivity contribution is 5.93. The van der Waals surface area contributed by atoms with Crippen molar-refractivity contribution in [2.45, 2.75) is 13.5 Å². The maximum atomic E-state index is 11.6. The summed E-state index contributed by atoms with van der Waals surface area (Å²) in [5.74, 6) is -0.396. The molecule has 3 N–H and O–H groups in total. The first-order chi connectivity index (χ1) is 11.6. The van der Waals surface area contributed by atoms with Gasteiger partial charge in [0.1, 0.15) is 11.3 Å². The number of hydrogen-bond acceptors (Lipinski definition) is 5. The van der Waals surface area contributed by atoms with Crippen molar-refractivity contribution in [3.05, 3.63) is 53.3 Å². The quantitative estimate of drug-likeness (QED) is 0.628. The average Bonchev–Trinajstić information content (AvgIpc) is 3.03. The first kappa shape index (κ1) is 15.9. The number of aromatic amines is 1. The van der Waals surface area contributed by atoms with E-state index in [0.717, 1.165) is 22.3 Å². The Hall–Kier alpha value is -3.02. The minimum absolute atomic E-state index is 0.396. The average molecular weight is 324 g/mol. The zero-order valence-corrected chi connectivity index (χ0v) is 13.9. The van der Waals surface area contributed by atoms with Gasteiger partial charge in [-0.25, -0.2) is 9.78 Å². The van der Waals surface area contributed by atoms with Gasteiger partial charge in [-0.05, 0) is 42.3 Å². The zero-order valence-electron chi connectivity index (χ0n) is 13.9. The molecule has 0 radical (unpaired) electrons. The number of carbonyl (C=O) groups excluding carboxylic acids is 1. The molecule has 0 unspecified atom stereocenters. The van der Waals surface area contributed by atoms with E-state index < -0.39 is 5.97 Å². The van der Waals surface area contributed by atoms with Gasteiger partial charge >= 0.3 is 5.97 Å². The fraction of sp³-hybridized carbons (Fsp3) is 0.222. The molecule has 3 rings (SSSR count). The summed E-state index contributed by atoms with van der Waals surface area (Å²) >= 11 is 0. The summed E-state index contributed by atoms with van der Waals surface area (Å²) in [5, 5.41) is 7.45. The maximum absolute atomic E-state index is 11.6. The molecule has 2 aromatic heterocycles. The van der Waals surface area contributed by atoms with Crippen LogP contribution in [0.1, 0.15) is 21.6 Å². The van der Waals surface area contributed by atoms with Crippen molar-refractivity contribution in [1.82, 2.24) is 9.97 Å². The fourth-order valence-corrected chi connectivity index (χ4v) is 2.54. The van der Waals surface area contributed by atoms with Crippen LogP contribution < -0.4 is 10.6 Å². The number of H-pyrrole nitrogens is 1. The molecule has 3 aromatic rings. The molecule has 6 heteroatoms. The van der Waals surface area contributed by atoms with Crippen LogP contribution in [0.5, 0.6) is 0 Å². The van der Waals surface area contributed by atoms with Crippen molar-refractivity contribution in [3.63, 3.8) is 0 Å². The first-order valence-electron chi connectivity index (χ1n) is 7.69. The van der Waals surface area contributed by atoms with Crippen molar-refractivity contribution in [2.75, 3.05) is 24.8 Å². The molecule has 124 valence electrons. The van der Waals surface area contributed by atoms with Gasteiger partial charge in [-0.2, -0.15) is 0 Å². The van der Waals surface area contributed by atoms with E-state index in [1.54, 1.807) is 12.3 Å². The molecule has 0 saturated carbocycles. The molecule has 0 atom stereocenters. The van der Waals surface area contributed by atoms with Crippen molar-refractivity contribution in [3.8, 4) is 0 Å². The number of rotatable bonds is 5. The van der Waals surface area contributed by atoms with Gasteiger partial charge in [0.25, 0.3) is 0 Å². The number of nitrogens with one attached hydrogen (secondary N) is 3. The number of methoxy groups -OCH3 is 1. The Morgan fingerprint density at radius 3 is 2.88 bits per heavy atom. The lowest BCUT2D eigenvalue weighted by Gasteiger charge is -2.11. The van der Waals surface area contributed by atoms with Crippen LogP contribution in [0.25, 0.3) is 11.0 Å². The summed E-state index contributed by atoms with van der Waals surface area (Å²) in [4.78, 5) is 18.9. The van der Waals surface area contributed by atoms with Crippen LogP contribution >= 0.6 is 0 Å². The Morgan fingerprint density at radius 2 is 2.12 bits per heavy atom. The normalized spacial score (nSPS) is 10.6. The van der Waals surface area contributed by atoms with Crippen LogP contribution in [-0.4, -0.2) is 30.1 Å². The van der Waals surface area contributed by atoms with E-state index >= 15 is 0 Å². The van der Waals surface area contributed by atoms with Gasteiger partial charge in [0.15, 0.2) is 0 Å². The number of pyridine rings is 1. The second-order valence-electron chi connectivity index (χ2n) is 5.59. The maximum Gasteiger partial charge on any atom is 0.354 e. The van der Waals surface area contributed by atoms with E-state index in [1.807, 2.05) is 19.2 Å². The van der Waals surface area contributed by atoms with Crippen molar-refractivity contribution >= 4 is 28.4 Å². The molecule has 2 heterocycles. The summed E-state index contributed by atoms with van der Waals surface area (Å²) in [6.45, 7) is 2.72. The Balaban J connectivity index is 1.79. The molecule has 0 saturated heterocycles. The highest BCUT2D eigenvalue weighted by Crippen LogP contribution is 2.21. The van der Waals surface area contributed by atoms with Gasteiger partial charge in [0, 0.05) is 36.6 Å². The van der Waals surface area contributed by atoms with Crippen molar-refractivity contribution in [1.29, 1.82) is 0 Å². The molecule has 0 aliphatic carbocycles. The van der Waals surface area contributed by atoms with E-state index in [4.69, 9.17) is 4.74 Å². The summed E-state index contributed by atoms with van der Waals surface area (Å²) < 4.78 is 4.72. The number of aryl methyl sites for hydroxylation is 1. The van der Waals surface area contributed by atoms with Crippen molar-refractivity contribution in [2.24, 2.45) is 0 Å². The van der Waals surface area contributed by atoms with Gasteiger partial charge in [0.05, 0.1) is 7.11 Å². The van der Waals surface area contributed by atoms with Gasteiger partial charge in [-0.15, -0.1) is 0 Å². The number of benzene rings is 1. The lowest BCUT2D eigenvalue weighted by molar-refractivity contribution is 0.0595. The topological polar surface area (TPSA) is 79.0 Å². The molecule has 1 aromatic carbocycles. The second-order valence-corrected chi connectivity index (χ2v) is 5.59. The first-order valence-corrected chi connectivity index (χ1v) is 7.69. The molecule has 0 aliphatic rings. The van der Waals surface area contributed by atoms with Crippen LogP contribution in [0.4, 0.5) is 11.4 Å². The van der Waals surface area contributed by atoms with E-state index in [9.17, 15) is 4.79 Å². The highest BCUT2D eigenvalue weighted by Gasteiger charge is 2.10. The zero-order chi connectivity index (χ0) is 17.1. The molecule has 0 aliphatic heterocycles. The third kappa shape index (κ3) is 3.17. The lowest BCUT2D eigenvalue weighted by Crippen LogP contribution is -2.02. The number of fused-ring (bicyclic) bond motifs is 1. The third-order valence-corrected chi connectivity index (χ3v) is 3.94. The standard InChI is InChI=1S/C18H20N4O2/c1-11-4-5-14(19-2)8-15(11)20-9-12-6-13-7-16(18(23)24-3)22-17(13)21-10-12/h4-8,10,19-20H,9H2,1-3H3,(H,21,22). The molecule has 0 bridgehead atoms. The number of anilines is 2. The highest BCUT2D eigenvalue weighted by atomic mass is 16.5. The van der Waals surface area contributed by atoms with Gasteiger partial charge < -0.3 is 20.4 Å². The number of esters is 1. The summed E-state index contributed by atoms with van der Waals surface area (Å²) in [6.07, 6.45) is 1.80. The Labute approximate surface area is 140 Å². The molecular weight excluding hydrogens is 304 g/mol. The molecule has 24 heavy (non-hydrogen) atoms. The number of nitrogens with zero attached hydrogens (tertiary/aromatic N) is 1. The number of hydrogen-bond donors (Lipinski definition) is 3. The second kappa shape index (κ2) is 6.62. The third-order valence-electron chi connectivity index (χ3n) is 3.94. The smallest absolute Gasteiger partial charge is 0.354 e. The molecule has 0 fully saturated rings. The molecule has 0 spiro atoms. The molecule has 6 nitrogen and oxygen atoms in total. The molecular formula is C18H20N4O2. The van der Waals surface area contributed by atoms with E-state index in [1.165, 1.54) is 12.7 Å². The van der Waals surface area contributed by atoms with Crippen LogP contribution in [0.3, 0.4) is 0 Å². The van der Waals surface area contributed by atoms with Gasteiger partial charge in [0.2, 0.25) is 0 Å². The fourth-order valence-electron chi connectivity index (χ4n) is 2.54. The van der Waals surface area contributed by atoms with Gasteiger partial charge in [-0.3, -0.25) is 0 Å². The van der Waals surface area contributed by atoms with Crippen molar-refractivity contribution < 1.29 is 9.53 Å². The van der Waals surface area contributed by atoms with Crippen LogP contribution in [-0.2, 0) is 11.3 Å². The molecule has 0 amide bonds. The van der Waals surface area contributed by atoms with E-state index in [-0.39, 0.29) is 0 Å². The largest absolute Gasteiger partial charge is 0.464 e. The van der Waals surface area contributed by atoms with Crippen LogP contribution in [0.2, 0.25) is 0 Å². The van der Waals surface area contributed by atoms with E-state index in [0.29, 0.717) is 17.9 Å². The number of carbonyl (C=O) groups is 1. The predicted molar refractivity (Wildman–Crippen MR) is 95.5 cm³/mol.